The van der Waals surface area contributed by atoms with E-state index in [1.54, 1.807) is 32.2 Å². The molecule has 3 aromatic rings. The van der Waals surface area contributed by atoms with Crippen molar-refractivity contribution in [1.82, 2.24) is 10.5 Å². The number of amides is 1. The lowest BCUT2D eigenvalue weighted by Gasteiger charge is -2.08. The summed E-state index contributed by atoms with van der Waals surface area (Å²) in [4.78, 5) is 12.7. The summed E-state index contributed by atoms with van der Waals surface area (Å²) in [5.74, 6) is 0.425. The third kappa shape index (κ3) is 3.74. The highest BCUT2D eigenvalue weighted by Crippen LogP contribution is 2.33. The van der Waals surface area contributed by atoms with Gasteiger partial charge in [-0.05, 0) is 43.2 Å². The Kier molecular flexibility index (Phi) is 5.31. The van der Waals surface area contributed by atoms with Crippen LogP contribution in [0.2, 0.25) is 0 Å². The highest BCUT2D eigenvalue weighted by molar-refractivity contribution is 6.01. The lowest BCUT2D eigenvalue weighted by molar-refractivity contribution is 0.0954. The molecule has 0 radical (unpaired) electrons. The number of hydrogen-bond acceptors (Lipinski definition) is 4. The molecule has 1 amide bonds. The Morgan fingerprint density at radius 2 is 1.92 bits per heavy atom. The van der Waals surface area contributed by atoms with E-state index in [0.29, 0.717) is 41.3 Å². The van der Waals surface area contributed by atoms with Gasteiger partial charge in [-0.1, -0.05) is 29.4 Å². The van der Waals surface area contributed by atoms with Gasteiger partial charge in [-0.25, -0.2) is 4.39 Å². The molecule has 26 heavy (non-hydrogen) atoms. The van der Waals surface area contributed by atoms with Gasteiger partial charge < -0.3 is 14.6 Å². The van der Waals surface area contributed by atoms with Crippen molar-refractivity contribution >= 4 is 5.91 Å². The molecule has 3 rings (SSSR count). The molecule has 1 heterocycles. The van der Waals surface area contributed by atoms with Gasteiger partial charge in [-0.2, -0.15) is 0 Å². The van der Waals surface area contributed by atoms with Crippen LogP contribution in [0.1, 0.15) is 21.6 Å². The highest BCUT2D eigenvalue weighted by atomic mass is 19.1. The van der Waals surface area contributed by atoms with Crippen LogP contribution in [0.5, 0.6) is 5.75 Å². The van der Waals surface area contributed by atoms with E-state index in [1.165, 1.54) is 12.1 Å². The van der Waals surface area contributed by atoms with Crippen molar-refractivity contribution in [2.75, 3.05) is 13.7 Å². The third-order valence-corrected chi connectivity index (χ3v) is 4.05. The van der Waals surface area contributed by atoms with Gasteiger partial charge in [0.15, 0.2) is 5.76 Å². The van der Waals surface area contributed by atoms with Crippen LogP contribution in [0, 0.1) is 12.7 Å². The Bertz CT molecular complexity index is 904. The summed E-state index contributed by atoms with van der Waals surface area (Å²) in [5, 5.41) is 6.80. The van der Waals surface area contributed by atoms with E-state index in [1.807, 2.05) is 18.2 Å². The summed E-state index contributed by atoms with van der Waals surface area (Å²) in [7, 11) is 1.56. The van der Waals surface area contributed by atoms with Crippen LogP contribution in [0.15, 0.2) is 53.1 Å². The molecule has 0 bridgehead atoms. The monoisotopic (exact) mass is 354 g/mol. The van der Waals surface area contributed by atoms with E-state index in [4.69, 9.17) is 9.26 Å². The summed E-state index contributed by atoms with van der Waals surface area (Å²) in [6, 6.07) is 13.5. The van der Waals surface area contributed by atoms with E-state index >= 15 is 0 Å². The van der Waals surface area contributed by atoms with Crippen LogP contribution in [0.4, 0.5) is 4.39 Å². The first kappa shape index (κ1) is 17.7. The van der Waals surface area contributed by atoms with Crippen molar-refractivity contribution in [1.29, 1.82) is 0 Å². The second-order valence-electron chi connectivity index (χ2n) is 5.80. The first-order chi connectivity index (χ1) is 12.6. The minimum absolute atomic E-state index is 0.272. The molecule has 0 unspecified atom stereocenters. The van der Waals surface area contributed by atoms with E-state index in [9.17, 15) is 9.18 Å². The average Bonchev–Trinajstić information content (AvgIpc) is 3.04. The van der Waals surface area contributed by atoms with E-state index in [0.717, 1.165) is 5.56 Å². The Hall–Kier alpha value is -3.15. The minimum Gasteiger partial charge on any atom is -0.496 e. The predicted molar refractivity (Wildman–Crippen MR) is 95.7 cm³/mol. The molecule has 2 aromatic carbocycles. The molecule has 5 nitrogen and oxygen atoms in total. The third-order valence-electron chi connectivity index (χ3n) is 4.05. The maximum absolute atomic E-state index is 12.9. The number of nitrogens with one attached hydrogen (secondary N) is 1. The number of aromatic nitrogens is 1. The maximum atomic E-state index is 12.9. The number of aryl methyl sites for hydroxylation is 1. The fraction of sp³-hybridized carbons (Fsp3) is 0.200. The van der Waals surface area contributed by atoms with Crippen molar-refractivity contribution in [3.05, 3.63) is 71.2 Å². The molecule has 1 aromatic heterocycles. The lowest BCUT2D eigenvalue weighted by Crippen LogP contribution is -2.26. The molecular formula is C20H19FN2O3. The zero-order valence-electron chi connectivity index (χ0n) is 14.6. The molecule has 0 fully saturated rings. The van der Waals surface area contributed by atoms with E-state index in [-0.39, 0.29) is 11.7 Å². The summed E-state index contributed by atoms with van der Waals surface area (Å²) in [6.07, 6.45) is 0.598. The fourth-order valence-corrected chi connectivity index (χ4v) is 2.71. The van der Waals surface area contributed by atoms with Gasteiger partial charge in [0.05, 0.1) is 18.4 Å². The zero-order chi connectivity index (χ0) is 18.5. The Morgan fingerprint density at radius 1 is 1.19 bits per heavy atom. The molecule has 6 heteroatoms. The number of nitrogens with zero attached hydrogens (tertiary/aromatic N) is 1. The molecule has 0 saturated carbocycles. The van der Waals surface area contributed by atoms with Gasteiger partial charge in [-0.3, -0.25) is 4.79 Å². The molecule has 0 aliphatic carbocycles. The summed E-state index contributed by atoms with van der Waals surface area (Å²) < 4.78 is 23.7. The fourth-order valence-electron chi connectivity index (χ4n) is 2.71. The molecule has 0 aliphatic rings. The first-order valence-corrected chi connectivity index (χ1v) is 8.22. The summed E-state index contributed by atoms with van der Waals surface area (Å²) in [5.41, 5.74) is 2.50. The Balaban J connectivity index is 1.75. The summed E-state index contributed by atoms with van der Waals surface area (Å²) in [6.45, 7) is 2.14. The molecule has 1 N–H and O–H groups in total. The number of carbonyl (C=O) groups is 1. The SMILES string of the molecule is COc1ccccc1-c1onc(C)c1C(=O)NCCc1ccc(F)cc1. The molecule has 0 spiro atoms. The average molecular weight is 354 g/mol. The van der Waals surface area contributed by atoms with Crippen molar-refractivity contribution in [2.24, 2.45) is 0 Å². The smallest absolute Gasteiger partial charge is 0.257 e. The molecule has 134 valence electrons. The van der Waals surface area contributed by atoms with Gasteiger partial charge in [-0.15, -0.1) is 0 Å². The first-order valence-electron chi connectivity index (χ1n) is 8.22. The van der Waals surface area contributed by atoms with Gasteiger partial charge >= 0.3 is 0 Å². The van der Waals surface area contributed by atoms with E-state index < -0.39 is 0 Å². The van der Waals surface area contributed by atoms with Gasteiger partial charge in [0, 0.05) is 6.54 Å². The predicted octanol–water partition coefficient (Wildman–Crippen LogP) is 3.77. The topological polar surface area (TPSA) is 64.4 Å². The lowest BCUT2D eigenvalue weighted by atomic mass is 10.1. The highest BCUT2D eigenvalue weighted by Gasteiger charge is 2.23. The van der Waals surface area contributed by atoms with Crippen LogP contribution in [-0.2, 0) is 6.42 Å². The standard InChI is InChI=1S/C20H19FN2O3/c1-13-18(19(26-23-13)16-5-3-4-6-17(16)25-2)20(24)22-12-11-14-7-9-15(21)10-8-14/h3-10H,11-12H2,1-2H3,(H,22,24). The largest absolute Gasteiger partial charge is 0.496 e. The van der Waals surface area contributed by atoms with Crippen LogP contribution in [-0.4, -0.2) is 24.7 Å². The van der Waals surface area contributed by atoms with Crippen LogP contribution < -0.4 is 10.1 Å². The number of methoxy groups -OCH3 is 1. The summed E-state index contributed by atoms with van der Waals surface area (Å²) >= 11 is 0. The number of ether oxygens (including phenoxy) is 1. The van der Waals surface area contributed by atoms with Gasteiger partial charge in [0.1, 0.15) is 17.1 Å². The van der Waals surface area contributed by atoms with Crippen molar-refractivity contribution < 1.29 is 18.4 Å². The zero-order valence-corrected chi connectivity index (χ0v) is 14.6. The number of halogens is 1. The molecule has 0 atom stereocenters. The second-order valence-corrected chi connectivity index (χ2v) is 5.80. The number of rotatable bonds is 6. The Morgan fingerprint density at radius 3 is 2.65 bits per heavy atom. The minimum atomic E-state index is -0.278. The number of carbonyl (C=O) groups excluding carboxylic acids is 1. The van der Waals surface area contributed by atoms with Gasteiger partial charge in [0.25, 0.3) is 5.91 Å². The maximum Gasteiger partial charge on any atom is 0.257 e. The van der Waals surface area contributed by atoms with E-state index in [2.05, 4.69) is 10.5 Å². The second kappa shape index (κ2) is 7.82. The van der Waals surface area contributed by atoms with Crippen LogP contribution in [0.25, 0.3) is 11.3 Å². The number of para-hydroxylation sites is 1. The molecule has 0 saturated heterocycles. The Labute approximate surface area is 150 Å². The van der Waals surface area contributed by atoms with Crippen LogP contribution in [0.3, 0.4) is 0 Å². The molecular weight excluding hydrogens is 335 g/mol. The van der Waals surface area contributed by atoms with Crippen molar-refractivity contribution in [2.45, 2.75) is 13.3 Å². The number of hydrogen-bond donors (Lipinski definition) is 1. The number of benzene rings is 2. The van der Waals surface area contributed by atoms with Crippen LogP contribution >= 0.6 is 0 Å². The molecule has 0 aliphatic heterocycles. The van der Waals surface area contributed by atoms with Crippen molar-refractivity contribution in [3.63, 3.8) is 0 Å². The van der Waals surface area contributed by atoms with Crippen molar-refractivity contribution in [3.8, 4) is 17.1 Å². The normalized spacial score (nSPS) is 10.6. The van der Waals surface area contributed by atoms with Gasteiger partial charge in [0.2, 0.25) is 0 Å². The quantitative estimate of drug-likeness (QED) is 0.732.